The number of furan rings is 1. The van der Waals surface area contributed by atoms with Gasteiger partial charge in [-0.1, -0.05) is 30.0 Å². The Morgan fingerprint density at radius 3 is 2.90 bits per heavy atom. The predicted octanol–water partition coefficient (Wildman–Crippen LogP) is 5.41. The molecule has 0 radical (unpaired) electrons. The molecule has 0 bridgehead atoms. The van der Waals surface area contributed by atoms with Gasteiger partial charge in [0, 0.05) is 17.7 Å². The number of benzene rings is 1. The molecule has 0 amide bonds. The number of hydrogen-bond donors (Lipinski definition) is 0. The number of Topliss-reactive ketones (excluding diaryl/α,β-unsaturated/α-hetero) is 1. The third kappa shape index (κ3) is 4.83. The second-order valence-corrected chi connectivity index (χ2v) is 8.57. The van der Waals surface area contributed by atoms with Crippen LogP contribution in [0.25, 0.3) is 11.4 Å². The summed E-state index contributed by atoms with van der Waals surface area (Å²) in [5.41, 5.74) is 0.924. The molecule has 0 spiro atoms. The first kappa shape index (κ1) is 20.4. The average molecular weight is 440 g/mol. The van der Waals surface area contributed by atoms with Crippen molar-refractivity contribution < 1.29 is 13.9 Å². The summed E-state index contributed by atoms with van der Waals surface area (Å²) in [6, 6.07) is 15.3. The number of hydrogen-bond acceptors (Lipinski definition) is 7. The Hall–Kier alpha value is -2.84. The average Bonchev–Trinajstić information content (AvgIpc) is 3.54. The van der Waals surface area contributed by atoms with Crippen molar-refractivity contribution in [3.05, 3.63) is 70.8 Å². The van der Waals surface area contributed by atoms with Gasteiger partial charge in [0.25, 0.3) is 0 Å². The molecule has 0 aliphatic rings. The monoisotopic (exact) mass is 439 g/mol. The number of methoxy groups -OCH3 is 1. The summed E-state index contributed by atoms with van der Waals surface area (Å²) >= 11 is 3.09. The maximum atomic E-state index is 12.2. The van der Waals surface area contributed by atoms with Crippen LogP contribution in [-0.4, -0.2) is 33.4 Å². The van der Waals surface area contributed by atoms with E-state index in [1.807, 2.05) is 58.5 Å². The number of ketones is 1. The molecule has 0 atom stereocenters. The van der Waals surface area contributed by atoms with Gasteiger partial charge in [-0.2, -0.15) is 0 Å². The van der Waals surface area contributed by atoms with Crippen molar-refractivity contribution in [1.82, 2.24) is 14.8 Å². The minimum atomic E-state index is 0.194. The van der Waals surface area contributed by atoms with E-state index < -0.39 is 0 Å². The maximum absolute atomic E-state index is 12.2. The van der Waals surface area contributed by atoms with Gasteiger partial charge in [-0.05, 0) is 42.1 Å². The Labute approximate surface area is 182 Å². The molecule has 8 heteroatoms. The van der Waals surface area contributed by atoms with Gasteiger partial charge in [0.1, 0.15) is 11.5 Å². The number of thioether (sulfide) groups is 1. The van der Waals surface area contributed by atoms with E-state index in [1.165, 1.54) is 11.3 Å². The van der Waals surface area contributed by atoms with Crippen molar-refractivity contribution in [3.63, 3.8) is 0 Å². The maximum Gasteiger partial charge on any atom is 0.191 e. The van der Waals surface area contributed by atoms with Gasteiger partial charge < -0.3 is 9.15 Å². The van der Waals surface area contributed by atoms with Crippen LogP contribution in [0, 0.1) is 0 Å². The topological polar surface area (TPSA) is 70.2 Å². The van der Waals surface area contributed by atoms with Crippen LogP contribution < -0.4 is 4.74 Å². The molecule has 4 rings (SSSR count). The molecule has 0 aliphatic carbocycles. The molecular formula is C22H21N3O3S2. The van der Waals surface area contributed by atoms with Gasteiger partial charge in [0.05, 0.1) is 24.8 Å². The van der Waals surface area contributed by atoms with Crippen LogP contribution in [0.1, 0.15) is 28.3 Å². The van der Waals surface area contributed by atoms with Gasteiger partial charge in [-0.3, -0.25) is 9.36 Å². The molecule has 0 unspecified atom stereocenters. The van der Waals surface area contributed by atoms with Crippen molar-refractivity contribution in [2.45, 2.75) is 24.5 Å². The van der Waals surface area contributed by atoms with E-state index in [1.54, 1.807) is 25.1 Å². The Morgan fingerprint density at radius 2 is 2.13 bits per heavy atom. The largest absolute Gasteiger partial charge is 0.497 e. The molecule has 4 aromatic rings. The fourth-order valence-corrected chi connectivity index (χ4v) is 4.60. The van der Waals surface area contributed by atoms with Gasteiger partial charge >= 0.3 is 0 Å². The van der Waals surface area contributed by atoms with Crippen LogP contribution in [0.3, 0.4) is 0 Å². The van der Waals surface area contributed by atoms with Gasteiger partial charge in [-0.25, -0.2) is 0 Å². The lowest BCUT2D eigenvalue weighted by Crippen LogP contribution is -2.04. The molecule has 3 heterocycles. The summed E-state index contributed by atoms with van der Waals surface area (Å²) in [6.45, 7) is 0.531. The second-order valence-electron chi connectivity index (χ2n) is 6.56. The van der Waals surface area contributed by atoms with Gasteiger partial charge in [0.15, 0.2) is 16.8 Å². The van der Waals surface area contributed by atoms with E-state index >= 15 is 0 Å². The zero-order chi connectivity index (χ0) is 20.8. The minimum absolute atomic E-state index is 0.194. The summed E-state index contributed by atoms with van der Waals surface area (Å²) in [4.78, 5) is 13.0. The molecule has 0 N–H and O–H groups in total. The zero-order valence-electron chi connectivity index (χ0n) is 16.5. The van der Waals surface area contributed by atoms with Crippen LogP contribution in [0.15, 0.2) is 69.7 Å². The van der Waals surface area contributed by atoms with Crippen molar-refractivity contribution in [3.8, 4) is 17.1 Å². The van der Waals surface area contributed by atoms with Crippen LogP contribution in [0.4, 0.5) is 0 Å². The zero-order valence-corrected chi connectivity index (χ0v) is 18.1. The van der Waals surface area contributed by atoms with Crippen LogP contribution in [-0.2, 0) is 6.54 Å². The van der Waals surface area contributed by atoms with E-state index in [-0.39, 0.29) is 5.78 Å². The molecule has 3 aromatic heterocycles. The minimum Gasteiger partial charge on any atom is -0.497 e. The van der Waals surface area contributed by atoms with E-state index in [2.05, 4.69) is 10.2 Å². The molecule has 30 heavy (non-hydrogen) atoms. The summed E-state index contributed by atoms with van der Waals surface area (Å²) in [6.07, 6.45) is 2.97. The third-order valence-corrected chi connectivity index (χ3v) is 6.48. The van der Waals surface area contributed by atoms with E-state index in [0.29, 0.717) is 13.0 Å². The molecule has 154 valence electrons. The first-order valence-corrected chi connectivity index (χ1v) is 11.4. The normalized spacial score (nSPS) is 11.0. The highest BCUT2D eigenvalue weighted by Crippen LogP contribution is 2.28. The number of thiophene rings is 1. The Balaban J connectivity index is 1.49. The lowest BCUT2D eigenvalue weighted by atomic mass is 10.2. The first-order valence-electron chi connectivity index (χ1n) is 9.54. The van der Waals surface area contributed by atoms with Crippen molar-refractivity contribution >= 4 is 28.9 Å². The standard InChI is InChI=1S/C22H21N3O3S2/c1-27-17-7-2-6-16(14-17)21-23-24-22(25(21)15-18-8-3-11-28-18)30-13-4-9-19(26)20-10-5-12-29-20/h2-3,5-8,10-12,14H,4,9,13,15H2,1H3. The Kier molecular flexibility index (Phi) is 6.66. The fraction of sp³-hybridized carbons (Fsp3) is 0.227. The quantitative estimate of drug-likeness (QED) is 0.187. The highest BCUT2D eigenvalue weighted by Gasteiger charge is 2.16. The molecule has 1 aromatic carbocycles. The second kappa shape index (κ2) is 9.77. The van der Waals surface area contributed by atoms with Crippen LogP contribution in [0.2, 0.25) is 0 Å². The van der Waals surface area contributed by atoms with Crippen molar-refractivity contribution in [1.29, 1.82) is 0 Å². The van der Waals surface area contributed by atoms with Gasteiger partial charge in [0.2, 0.25) is 0 Å². The molecule has 0 saturated heterocycles. The molecule has 0 saturated carbocycles. The van der Waals surface area contributed by atoms with E-state index in [4.69, 9.17) is 9.15 Å². The number of carbonyl (C=O) groups excluding carboxylic acids is 1. The van der Waals surface area contributed by atoms with Crippen LogP contribution >= 0.6 is 23.1 Å². The van der Waals surface area contributed by atoms with Crippen molar-refractivity contribution in [2.75, 3.05) is 12.9 Å². The Morgan fingerprint density at radius 1 is 1.20 bits per heavy atom. The predicted molar refractivity (Wildman–Crippen MR) is 118 cm³/mol. The third-order valence-electron chi connectivity index (χ3n) is 4.51. The number of aromatic nitrogens is 3. The summed E-state index contributed by atoms with van der Waals surface area (Å²) < 4.78 is 12.9. The number of rotatable bonds is 10. The number of nitrogens with zero attached hydrogens (tertiary/aromatic N) is 3. The fourth-order valence-electron chi connectivity index (χ4n) is 3.03. The molecule has 0 aliphatic heterocycles. The number of ether oxygens (including phenoxy) is 1. The molecule has 0 fully saturated rings. The van der Waals surface area contributed by atoms with Crippen molar-refractivity contribution in [2.24, 2.45) is 0 Å². The highest BCUT2D eigenvalue weighted by atomic mass is 32.2. The number of carbonyl (C=O) groups is 1. The summed E-state index contributed by atoms with van der Waals surface area (Å²) in [7, 11) is 1.64. The lowest BCUT2D eigenvalue weighted by Gasteiger charge is -2.09. The lowest BCUT2D eigenvalue weighted by molar-refractivity contribution is 0.0986. The van der Waals surface area contributed by atoms with E-state index in [9.17, 15) is 4.79 Å². The summed E-state index contributed by atoms with van der Waals surface area (Å²) in [5.74, 6) is 3.32. The van der Waals surface area contributed by atoms with Crippen LogP contribution in [0.5, 0.6) is 5.75 Å². The first-order chi connectivity index (χ1) is 14.7. The Bertz CT molecular complexity index is 1090. The molecule has 6 nitrogen and oxygen atoms in total. The summed E-state index contributed by atoms with van der Waals surface area (Å²) in [5, 5.41) is 11.6. The van der Waals surface area contributed by atoms with Gasteiger partial charge in [-0.15, -0.1) is 21.5 Å². The highest BCUT2D eigenvalue weighted by molar-refractivity contribution is 7.99. The molecular weight excluding hydrogens is 418 g/mol. The van der Waals surface area contributed by atoms with E-state index in [0.717, 1.165) is 45.1 Å². The smallest absolute Gasteiger partial charge is 0.191 e. The SMILES string of the molecule is COc1cccc(-c2nnc(SCCCC(=O)c3cccs3)n2Cc2ccco2)c1.